The van der Waals surface area contributed by atoms with Gasteiger partial charge >= 0.3 is 0 Å². The molecule has 0 spiro atoms. The Hall–Kier alpha value is -1.96. The maximum atomic E-state index is 3.72. The standard InChI is InChI=1S/C28H44N2/c1-5-6-7-8-10-17-25(4)23-30(26-18-11-9-12-19-26)28-21-14-13-20-27(28)29-22-15-16-24(2)3/h9,11-14,18-21,24-25,29H,5-8,10,15-17,22-23H2,1-4H3. The lowest BCUT2D eigenvalue weighted by Gasteiger charge is -2.30. The van der Waals surface area contributed by atoms with E-state index in [0.29, 0.717) is 5.92 Å². The van der Waals surface area contributed by atoms with Crippen LogP contribution in [0.25, 0.3) is 0 Å². The van der Waals surface area contributed by atoms with Crippen LogP contribution in [0.15, 0.2) is 54.6 Å². The van der Waals surface area contributed by atoms with E-state index in [-0.39, 0.29) is 0 Å². The third-order valence-corrected chi connectivity index (χ3v) is 5.83. The van der Waals surface area contributed by atoms with Crippen molar-refractivity contribution < 1.29 is 0 Å². The average Bonchev–Trinajstić information content (AvgIpc) is 2.76. The van der Waals surface area contributed by atoms with E-state index in [1.54, 1.807) is 0 Å². The van der Waals surface area contributed by atoms with E-state index < -0.39 is 0 Å². The average molecular weight is 409 g/mol. The zero-order valence-corrected chi connectivity index (χ0v) is 19.9. The van der Waals surface area contributed by atoms with Crippen molar-refractivity contribution in [1.82, 2.24) is 0 Å². The van der Waals surface area contributed by atoms with Crippen LogP contribution in [-0.2, 0) is 0 Å². The number of rotatable bonds is 15. The SMILES string of the molecule is CCCCCCCC(C)CN(c1ccccc1)c1ccccc1NCCCC(C)C. The Labute approximate surface area is 186 Å². The number of hydrogen-bond donors (Lipinski definition) is 1. The summed E-state index contributed by atoms with van der Waals surface area (Å²) in [6.07, 6.45) is 10.6. The summed E-state index contributed by atoms with van der Waals surface area (Å²) >= 11 is 0. The lowest BCUT2D eigenvalue weighted by molar-refractivity contribution is 0.491. The van der Waals surface area contributed by atoms with Gasteiger partial charge in [0.15, 0.2) is 0 Å². The molecule has 30 heavy (non-hydrogen) atoms. The molecule has 2 aromatic carbocycles. The minimum atomic E-state index is 0.667. The number of benzene rings is 2. The molecule has 0 bridgehead atoms. The third kappa shape index (κ3) is 8.81. The predicted molar refractivity (Wildman–Crippen MR) is 135 cm³/mol. The molecule has 0 aliphatic rings. The van der Waals surface area contributed by atoms with Crippen LogP contribution < -0.4 is 10.2 Å². The number of nitrogens with one attached hydrogen (secondary N) is 1. The topological polar surface area (TPSA) is 15.3 Å². The first kappa shape index (κ1) is 24.3. The van der Waals surface area contributed by atoms with E-state index in [9.17, 15) is 0 Å². The Balaban J connectivity index is 2.08. The lowest BCUT2D eigenvalue weighted by Crippen LogP contribution is -2.25. The first-order valence-corrected chi connectivity index (χ1v) is 12.3. The van der Waals surface area contributed by atoms with Gasteiger partial charge in [-0.3, -0.25) is 0 Å². The van der Waals surface area contributed by atoms with E-state index in [0.717, 1.165) is 19.0 Å². The van der Waals surface area contributed by atoms with Gasteiger partial charge < -0.3 is 10.2 Å². The number of anilines is 3. The van der Waals surface area contributed by atoms with E-state index >= 15 is 0 Å². The first-order valence-electron chi connectivity index (χ1n) is 12.3. The summed E-state index contributed by atoms with van der Waals surface area (Å²) in [4.78, 5) is 2.52. The van der Waals surface area contributed by atoms with Gasteiger partial charge in [0.25, 0.3) is 0 Å². The Morgan fingerprint density at radius 2 is 1.47 bits per heavy atom. The molecule has 2 heteroatoms. The van der Waals surface area contributed by atoms with Crippen molar-refractivity contribution >= 4 is 17.1 Å². The molecular formula is C28H44N2. The Morgan fingerprint density at radius 3 is 2.20 bits per heavy atom. The molecule has 2 nitrogen and oxygen atoms in total. The smallest absolute Gasteiger partial charge is 0.0646 e. The number of hydrogen-bond acceptors (Lipinski definition) is 2. The number of unbranched alkanes of at least 4 members (excludes halogenated alkanes) is 4. The molecule has 0 radical (unpaired) electrons. The molecule has 166 valence electrons. The minimum absolute atomic E-state index is 0.667. The summed E-state index contributed by atoms with van der Waals surface area (Å²) in [5.74, 6) is 1.43. The van der Waals surface area contributed by atoms with Gasteiger partial charge in [0.05, 0.1) is 11.4 Å². The van der Waals surface area contributed by atoms with Crippen LogP contribution in [0.3, 0.4) is 0 Å². The van der Waals surface area contributed by atoms with Crippen LogP contribution in [0.5, 0.6) is 0 Å². The lowest BCUT2D eigenvalue weighted by atomic mass is 10.0. The van der Waals surface area contributed by atoms with E-state index in [2.05, 4.69) is 92.5 Å². The van der Waals surface area contributed by atoms with Gasteiger partial charge in [-0.15, -0.1) is 0 Å². The monoisotopic (exact) mass is 408 g/mol. The van der Waals surface area contributed by atoms with Crippen LogP contribution in [-0.4, -0.2) is 13.1 Å². The molecule has 1 atom stereocenters. The Kier molecular flexibility index (Phi) is 11.4. The summed E-state index contributed by atoms with van der Waals surface area (Å²) in [7, 11) is 0. The number of para-hydroxylation sites is 3. The number of nitrogens with zero attached hydrogens (tertiary/aromatic N) is 1. The van der Waals surface area contributed by atoms with Crippen molar-refractivity contribution in [2.24, 2.45) is 11.8 Å². The summed E-state index contributed by atoms with van der Waals surface area (Å²) in [6.45, 7) is 11.4. The minimum Gasteiger partial charge on any atom is -0.383 e. The van der Waals surface area contributed by atoms with E-state index in [1.165, 1.54) is 68.4 Å². The molecule has 0 amide bonds. The van der Waals surface area contributed by atoms with Gasteiger partial charge in [-0.2, -0.15) is 0 Å². The molecule has 1 N–H and O–H groups in total. The molecule has 0 aliphatic carbocycles. The van der Waals surface area contributed by atoms with Crippen molar-refractivity contribution in [3.63, 3.8) is 0 Å². The third-order valence-electron chi connectivity index (χ3n) is 5.83. The van der Waals surface area contributed by atoms with Crippen molar-refractivity contribution in [2.45, 2.75) is 79.1 Å². The zero-order valence-electron chi connectivity index (χ0n) is 19.9. The van der Waals surface area contributed by atoms with Gasteiger partial charge in [-0.05, 0) is 55.4 Å². The first-order chi connectivity index (χ1) is 14.6. The van der Waals surface area contributed by atoms with Crippen LogP contribution >= 0.6 is 0 Å². The second-order valence-corrected chi connectivity index (χ2v) is 9.23. The molecule has 0 aliphatic heterocycles. The summed E-state index contributed by atoms with van der Waals surface area (Å²) in [5.41, 5.74) is 3.83. The summed E-state index contributed by atoms with van der Waals surface area (Å²) in [5, 5.41) is 3.72. The molecule has 2 aromatic rings. The van der Waals surface area contributed by atoms with Gasteiger partial charge in [0.1, 0.15) is 0 Å². The van der Waals surface area contributed by atoms with Crippen molar-refractivity contribution in [3.05, 3.63) is 54.6 Å². The van der Waals surface area contributed by atoms with Gasteiger partial charge in [0.2, 0.25) is 0 Å². The van der Waals surface area contributed by atoms with Gasteiger partial charge in [-0.1, -0.05) is 90.1 Å². The highest BCUT2D eigenvalue weighted by Gasteiger charge is 2.16. The summed E-state index contributed by atoms with van der Waals surface area (Å²) < 4.78 is 0. The molecular weight excluding hydrogens is 364 g/mol. The molecule has 0 aromatic heterocycles. The second kappa shape index (κ2) is 14.1. The molecule has 2 rings (SSSR count). The predicted octanol–water partition coefficient (Wildman–Crippen LogP) is 8.67. The van der Waals surface area contributed by atoms with Crippen molar-refractivity contribution in [1.29, 1.82) is 0 Å². The normalized spacial score (nSPS) is 12.2. The maximum absolute atomic E-state index is 3.72. The van der Waals surface area contributed by atoms with Gasteiger partial charge in [-0.25, -0.2) is 0 Å². The summed E-state index contributed by atoms with van der Waals surface area (Å²) in [6, 6.07) is 19.7. The van der Waals surface area contributed by atoms with Gasteiger partial charge in [0, 0.05) is 18.8 Å². The van der Waals surface area contributed by atoms with Crippen molar-refractivity contribution in [3.8, 4) is 0 Å². The molecule has 1 unspecified atom stereocenters. The van der Waals surface area contributed by atoms with Crippen LogP contribution in [0, 0.1) is 11.8 Å². The highest BCUT2D eigenvalue weighted by Crippen LogP contribution is 2.33. The Morgan fingerprint density at radius 1 is 0.767 bits per heavy atom. The molecule has 0 saturated carbocycles. The Bertz CT molecular complexity index is 680. The highest BCUT2D eigenvalue weighted by atomic mass is 15.2. The van der Waals surface area contributed by atoms with Crippen LogP contribution in [0.1, 0.15) is 79.1 Å². The van der Waals surface area contributed by atoms with E-state index in [4.69, 9.17) is 0 Å². The fourth-order valence-corrected chi connectivity index (χ4v) is 4.04. The quantitative estimate of drug-likeness (QED) is 0.296. The largest absolute Gasteiger partial charge is 0.383 e. The fourth-order valence-electron chi connectivity index (χ4n) is 4.04. The van der Waals surface area contributed by atoms with Crippen LogP contribution in [0.2, 0.25) is 0 Å². The van der Waals surface area contributed by atoms with Crippen LogP contribution in [0.4, 0.5) is 17.1 Å². The molecule has 0 heterocycles. The fraction of sp³-hybridized carbons (Fsp3) is 0.571. The highest BCUT2D eigenvalue weighted by molar-refractivity contribution is 5.76. The van der Waals surface area contributed by atoms with E-state index in [1.807, 2.05) is 0 Å². The molecule has 0 saturated heterocycles. The second-order valence-electron chi connectivity index (χ2n) is 9.23. The molecule has 0 fully saturated rings. The zero-order chi connectivity index (χ0) is 21.6. The maximum Gasteiger partial charge on any atom is 0.0646 e. The van der Waals surface area contributed by atoms with Crippen molar-refractivity contribution in [2.75, 3.05) is 23.3 Å².